The topological polar surface area (TPSA) is 79.3 Å². The number of ether oxygens (including phenoxy) is 1. The summed E-state index contributed by atoms with van der Waals surface area (Å²) >= 11 is 12.8. The molecule has 4 rings (SSSR count). The standard InChI is InChI=1S/C22H28Cl2N4O.CH4O/c23-19-14-26-21(28-17-4-2-1-3-5-17)11-18(19)16-10-20(22(24)27-13-16)25-12-15-6-8-29-9-7-15;1-2/h10-11,13-15,17,25H,1-9,12H2,(H,26,28);2H,1H3. The molecular weight excluding hydrogens is 435 g/mol. The lowest BCUT2D eigenvalue weighted by Crippen LogP contribution is -2.23. The van der Waals surface area contributed by atoms with Crippen LogP contribution in [0, 0.1) is 5.92 Å². The summed E-state index contributed by atoms with van der Waals surface area (Å²) in [6, 6.07) is 4.54. The molecule has 2 aromatic rings. The number of nitrogens with one attached hydrogen (secondary N) is 2. The highest BCUT2D eigenvalue weighted by Crippen LogP contribution is 2.33. The number of rotatable bonds is 6. The van der Waals surface area contributed by atoms with E-state index in [9.17, 15) is 0 Å². The zero-order valence-corrected chi connectivity index (χ0v) is 19.6. The van der Waals surface area contributed by atoms with Crippen LogP contribution in [0.15, 0.2) is 24.5 Å². The lowest BCUT2D eigenvalue weighted by atomic mass is 9.95. The van der Waals surface area contributed by atoms with Gasteiger partial charge in [0.2, 0.25) is 0 Å². The van der Waals surface area contributed by atoms with Crippen LogP contribution < -0.4 is 10.6 Å². The number of halogens is 2. The van der Waals surface area contributed by atoms with Gasteiger partial charge in [-0.15, -0.1) is 0 Å². The largest absolute Gasteiger partial charge is 0.400 e. The predicted molar refractivity (Wildman–Crippen MR) is 128 cm³/mol. The molecule has 6 nitrogen and oxygen atoms in total. The van der Waals surface area contributed by atoms with E-state index < -0.39 is 0 Å². The average Bonchev–Trinajstić information content (AvgIpc) is 2.82. The Balaban J connectivity index is 0.00000132. The van der Waals surface area contributed by atoms with E-state index in [-0.39, 0.29) is 0 Å². The lowest BCUT2D eigenvalue weighted by molar-refractivity contribution is 0.0699. The summed E-state index contributed by atoms with van der Waals surface area (Å²) in [5, 5.41) is 15.1. The maximum Gasteiger partial charge on any atom is 0.152 e. The first-order valence-corrected chi connectivity index (χ1v) is 11.8. The minimum absolute atomic E-state index is 0.478. The number of pyridine rings is 2. The van der Waals surface area contributed by atoms with Gasteiger partial charge in [0.05, 0.1) is 10.7 Å². The number of hydrogen-bond donors (Lipinski definition) is 3. The molecule has 8 heteroatoms. The number of aliphatic hydroxyl groups is 1. The van der Waals surface area contributed by atoms with Crippen molar-refractivity contribution >= 4 is 34.7 Å². The van der Waals surface area contributed by atoms with E-state index in [1.54, 1.807) is 12.4 Å². The fraction of sp³-hybridized carbons (Fsp3) is 0.565. The normalized spacial score (nSPS) is 17.5. The van der Waals surface area contributed by atoms with Gasteiger partial charge in [-0.25, -0.2) is 9.97 Å². The van der Waals surface area contributed by atoms with Gasteiger partial charge in [0, 0.05) is 56.4 Å². The first kappa shape index (κ1) is 24.1. The van der Waals surface area contributed by atoms with E-state index in [4.69, 9.17) is 33.0 Å². The Morgan fingerprint density at radius 1 is 1.00 bits per heavy atom. The zero-order valence-electron chi connectivity index (χ0n) is 18.0. The molecule has 0 radical (unpaired) electrons. The lowest BCUT2D eigenvalue weighted by Gasteiger charge is -2.24. The molecule has 170 valence electrons. The van der Waals surface area contributed by atoms with Gasteiger partial charge in [0.15, 0.2) is 5.15 Å². The van der Waals surface area contributed by atoms with Crippen molar-refractivity contribution in [1.29, 1.82) is 0 Å². The van der Waals surface area contributed by atoms with Crippen LogP contribution in [0.4, 0.5) is 11.5 Å². The molecule has 1 saturated carbocycles. The molecule has 0 unspecified atom stereocenters. The molecule has 1 aliphatic carbocycles. The Labute approximate surface area is 194 Å². The SMILES string of the molecule is CO.Clc1cnc(NC2CCCCC2)cc1-c1cnc(Cl)c(NCC2CCOCC2)c1. The molecule has 3 heterocycles. The highest BCUT2D eigenvalue weighted by molar-refractivity contribution is 6.33. The summed E-state index contributed by atoms with van der Waals surface area (Å²) in [4.78, 5) is 8.86. The smallest absolute Gasteiger partial charge is 0.152 e. The molecule has 0 amide bonds. The molecule has 0 atom stereocenters. The molecule has 3 N–H and O–H groups in total. The second-order valence-corrected chi connectivity index (χ2v) is 8.79. The van der Waals surface area contributed by atoms with Gasteiger partial charge in [0.25, 0.3) is 0 Å². The van der Waals surface area contributed by atoms with Crippen molar-refractivity contribution in [2.45, 2.75) is 51.0 Å². The summed E-state index contributed by atoms with van der Waals surface area (Å²) in [5.41, 5.74) is 2.69. The third-order valence-corrected chi connectivity index (χ3v) is 6.49. The van der Waals surface area contributed by atoms with Gasteiger partial charge in [-0.3, -0.25) is 0 Å². The maximum atomic E-state index is 7.00. The van der Waals surface area contributed by atoms with Crippen LogP contribution in [0.1, 0.15) is 44.9 Å². The second kappa shape index (κ2) is 12.4. The molecule has 0 spiro atoms. The van der Waals surface area contributed by atoms with Gasteiger partial charge < -0.3 is 20.5 Å². The number of hydrogen-bond acceptors (Lipinski definition) is 6. The van der Waals surface area contributed by atoms with Crippen LogP contribution in [0.25, 0.3) is 11.1 Å². The van der Waals surface area contributed by atoms with E-state index in [1.807, 2.05) is 12.1 Å². The highest BCUT2D eigenvalue weighted by Gasteiger charge is 2.17. The van der Waals surface area contributed by atoms with Crippen LogP contribution in [-0.2, 0) is 4.74 Å². The van der Waals surface area contributed by atoms with Crippen molar-refractivity contribution < 1.29 is 9.84 Å². The van der Waals surface area contributed by atoms with Crippen LogP contribution in [0.2, 0.25) is 10.2 Å². The Bertz CT molecular complexity index is 825. The van der Waals surface area contributed by atoms with E-state index >= 15 is 0 Å². The maximum absolute atomic E-state index is 7.00. The zero-order chi connectivity index (χ0) is 22.1. The van der Waals surface area contributed by atoms with Gasteiger partial charge in [-0.05, 0) is 43.7 Å². The third-order valence-electron chi connectivity index (χ3n) is 5.88. The van der Waals surface area contributed by atoms with Crippen molar-refractivity contribution in [3.05, 3.63) is 34.7 Å². The predicted octanol–water partition coefficient (Wildman–Crippen LogP) is 5.64. The van der Waals surface area contributed by atoms with Crippen LogP contribution >= 0.6 is 23.2 Å². The molecule has 1 aliphatic heterocycles. The number of anilines is 2. The van der Waals surface area contributed by atoms with Crippen molar-refractivity contribution in [3.63, 3.8) is 0 Å². The Morgan fingerprint density at radius 3 is 2.48 bits per heavy atom. The molecule has 31 heavy (non-hydrogen) atoms. The third kappa shape index (κ3) is 6.94. The first-order valence-electron chi connectivity index (χ1n) is 11.0. The van der Waals surface area contributed by atoms with E-state index in [1.165, 1.54) is 32.1 Å². The first-order chi connectivity index (χ1) is 15.2. The number of nitrogens with zero attached hydrogens (tertiary/aromatic N) is 2. The van der Waals surface area contributed by atoms with Crippen LogP contribution in [0.3, 0.4) is 0 Å². The number of aromatic nitrogens is 2. The fourth-order valence-electron chi connectivity index (χ4n) is 4.12. The molecule has 1 saturated heterocycles. The van der Waals surface area contributed by atoms with Crippen molar-refractivity contribution in [2.24, 2.45) is 5.92 Å². The van der Waals surface area contributed by atoms with Gasteiger partial charge in [-0.1, -0.05) is 42.5 Å². The van der Waals surface area contributed by atoms with Gasteiger partial charge >= 0.3 is 0 Å². The highest BCUT2D eigenvalue weighted by atomic mass is 35.5. The fourth-order valence-corrected chi connectivity index (χ4v) is 4.50. The Hall–Kier alpha value is -1.60. The minimum Gasteiger partial charge on any atom is -0.400 e. The molecule has 2 fully saturated rings. The molecule has 2 aliphatic rings. The molecule has 2 aromatic heterocycles. The monoisotopic (exact) mass is 466 g/mol. The second-order valence-electron chi connectivity index (χ2n) is 8.03. The van der Waals surface area contributed by atoms with Gasteiger partial charge in [0.1, 0.15) is 5.82 Å². The van der Waals surface area contributed by atoms with Crippen LogP contribution in [-0.4, -0.2) is 48.0 Å². The summed E-state index contributed by atoms with van der Waals surface area (Å²) in [7, 11) is 1.00. The van der Waals surface area contributed by atoms with Crippen molar-refractivity contribution in [3.8, 4) is 11.1 Å². The summed E-state index contributed by atoms with van der Waals surface area (Å²) in [6.45, 7) is 2.54. The quantitative estimate of drug-likeness (QED) is 0.477. The Kier molecular flexibility index (Phi) is 9.65. The van der Waals surface area contributed by atoms with Gasteiger partial charge in [-0.2, -0.15) is 0 Å². The minimum atomic E-state index is 0.478. The molecule has 0 bridgehead atoms. The van der Waals surface area contributed by atoms with E-state index in [0.29, 0.717) is 22.1 Å². The number of aliphatic hydroxyl groups excluding tert-OH is 1. The Morgan fingerprint density at radius 2 is 1.74 bits per heavy atom. The average molecular weight is 467 g/mol. The molecular formula is C23H32Cl2N4O2. The summed E-state index contributed by atoms with van der Waals surface area (Å²) in [6.07, 6.45) is 11.9. The summed E-state index contributed by atoms with van der Waals surface area (Å²) < 4.78 is 5.44. The van der Waals surface area contributed by atoms with E-state index in [2.05, 4.69) is 20.6 Å². The van der Waals surface area contributed by atoms with Crippen LogP contribution in [0.5, 0.6) is 0 Å². The summed E-state index contributed by atoms with van der Waals surface area (Å²) in [5.74, 6) is 1.46. The van der Waals surface area contributed by atoms with Crippen molar-refractivity contribution in [1.82, 2.24) is 9.97 Å². The van der Waals surface area contributed by atoms with Crippen molar-refractivity contribution in [2.75, 3.05) is 37.5 Å². The van der Waals surface area contributed by atoms with E-state index in [0.717, 1.165) is 62.3 Å². The molecule has 0 aromatic carbocycles.